The predicted molar refractivity (Wildman–Crippen MR) is 112 cm³/mol. The Labute approximate surface area is 169 Å². The summed E-state index contributed by atoms with van der Waals surface area (Å²) in [6.45, 7) is 2.33. The molecule has 0 aromatic carbocycles. The number of piperidine rings is 2. The van der Waals surface area contributed by atoms with Gasteiger partial charge in [0.25, 0.3) is 0 Å². The third kappa shape index (κ3) is 4.64. The minimum absolute atomic E-state index is 0. The van der Waals surface area contributed by atoms with Crippen molar-refractivity contribution in [1.29, 1.82) is 0 Å². The summed E-state index contributed by atoms with van der Waals surface area (Å²) in [5.74, 6) is 1.97. The van der Waals surface area contributed by atoms with E-state index in [1.165, 1.54) is 25.7 Å². The van der Waals surface area contributed by atoms with Gasteiger partial charge in [-0.3, -0.25) is 4.79 Å². The van der Waals surface area contributed by atoms with Gasteiger partial charge in [-0.15, -0.1) is 12.4 Å². The van der Waals surface area contributed by atoms with Crippen molar-refractivity contribution >= 4 is 24.0 Å². The molecule has 3 aliphatic heterocycles. The number of hydrogen-bond donors (Lipinski definition) is 1. The van der Waals surface area contributed by atoms with E-state index in [1.54, 1.807) is 6.20 Å². The van der Waals surface area contributed by atoms with Crippen LogP contribution in [0.1, 0.15) is 61.7 Å². The number of fused-ring (bicyclic) bond motifs is 2. The standard InChI is InChI=1S/C21H32N4O.ClH/c1-24-10-8-15(9-11-24)2-6-20(26)16-3-7-21(23-14-16)25-18-4-5-19(25)13-17(22)12-18;/h3,7,14-15,17-19H,2,4-6,8-13,22H2,1H3;1H. The maximum absolute atomic E-state index is 12.5. The number of halogens is 1. The second-order valence-corrected chi connectivity index (χ2v) is 8.64. The molecule has 2 bridgehead atoms. The first-order chi connectivity index (χ1) is 12.6. The van der Waals surface area contributed by atoms with E-state index in [0.29, 0.717) is 30.5 Å². The van der Waals surface area contributed by atoms with Gasteiger partial charge in [-0.05, 0) is 83.1 Å². The fourth-order valence-corrected chi connectivity index (χ4v) is 5.13. The number of rotatable bonds is 5. The molecule has 1 aromatic rings. The first kappa shape index (κ1) is 20.6. The smallest absolute Gasteiger partial charge is 0.164 e. The van der Waals surface area contributed by atoms with Gasteiger partial charge in [0.2, 0.25) is 0 Å². The minimum atomic E-state index is 0. The highest BCUT2D eigenvalue weighted by Crippen LogP contribution is 2.38. The lowest BCUT2D eigenvalue weighted by Gasteiger charge is -2.38. The average Bonchev–Trinajstić information content (AvgIpc) is 2.92. The summed E-state index contributed by atoms with van der Waals surface area (Å²) >= 11 is 0. The number of pyridine rings is 1. The van der Waals surface area contributed by atoms with E-state index in [-0.39, 0.29) is 18.2 Å². The molecule has 1 aromatic heterocycles. The molecule has 5 nitrogen and oxygen atoms in total. The quantitative estimate of drug-likeness (QED) is 0.779. The number of likely N-dealkylation sites (tertiary alicyclic amines) is 1. The molecular weight excluding hydrogens is 360 g/mol. The van der Waals surface area contributed by atoms with Gasteiger partial charge >= 0.3 is 0 Å². The third-order valence-electron chi connectivity index (χ3n) is 6.72. The van der Waals surface area contributed by atoms with Crippen LogP contribution in [-0.2, 0) is 0 Å². The largest absolute Gasteiger partial charge is 0.351 e. The van der Waals surface area contributed by atoms with Crippen molar-refractivity contribution in [3.63, 3.8) is 0 Å². The zero-order valence-electron chi connectivity index (χ0n) is 16.3. The van der Waals surface area contributed by atoms with E-state index >= 15 is 0 Å². The molecule has 6 heteroatoms. The molecule has 0 amide bonds. The molecule has 2 atom stereocenters. The fourth-order valence-electron chi connectivity index (χ4n) is 5.13. The van der Waals surface area contributed by atoms with Gasteiger partial charge in [0.1, 0.15) is 5.82 Å². The number of hydrogen-bond acceptors (Lipinski definition) is 5. The Morgan fingerprint density at radius 3 is 2.41 bits per heavy atom. The first-order valence-electron chi connectivity index (χ1n) is 10.3. The van der Waals surface area contributed by atoms with Crippen molar-refractivity contribution in [3.8, 4) is 0 Å². The Hall–Kier alpha value is -1.17. The first-order valence-corrected chi connectivity index (χ1v) is 10.3. The zero-order chi connectivity index (χ0) is 18.1. The maximum Gasteiger partial charge on any atom is 0.164 e. The van der Waals surface area contributed by atoms with Crippen LogP contribution in [0.3, 0.4) is 0 Å². The molecule has 2 unspecified atom stereocenters. The van der Waals surface area contributed by atoms with E-state index in [2.05, 4.69) is 21.8 Å². The fraction of sp³-hybridized carbons (Fsp3) is 0.714. The Bertz CT molecular complexity index is 616. The van der Waals surface area contributed by atoms with Crippen molar-refractivity contribution in [2.75, 3.05) is 25.0 Å². The molecular formula is C21H33ClN4O. The van der Waals surface area contributed by atoms with Gasteiger partial charge in [-0.1, -0.05) is 0 Å². The van der Waals surface area contributed by atoms with Gasteiger partial charge in [0.15, 0.2) is 5.78 Å². The number of ketones is 1. The van der Waals surface area contributed by atoms with Crippen LogP contribution in [0.2, 0.25) is 0 Å². The summed E-state index contributed by atoms with van der Waals surface area (Å²) in [7, 11) is 2.18. The monoisotopic (exact) mass is 392 g/mol. The van der Waals surface area contributed by atoms with Gasteiger partial charge in [0.05, 0.1) is 0 Å². The van der Waals surface area contributed by atoms with Crippen LogP contribution in [0.25, 0.3) is 0 Å². The summed E-state index contributed by atoms with van der Waals surface area (Å²) in [4.78, 5) is 22.0. The summed E-state index contributed by atoms with van der Waals surface area (Å²) < 4.78 is 0. The highest BCUT2D eigenvalue weighted by atomic mass is 35.5. The van der Waals surface area contributed by atoms with E-state index in [9.17, 15) is 4.79 Å². The van der Waals surface area contributed by atoms with Crippen LogP contribution in [0.4, 0.5) is 5.82 Å². The van der Waals surface area contributed by atoms with Crippen LogP contribution < -0.4 is 10.6 Å². The molecule has 0 spiro atoms. The summed E-state index contributed by atoms with van der Waals surface area (Å²) in [5, 5.41) is 0. The number of aromatic nitrogens is 1. The van der Waals surface area contributed by atoms with E-state index < -0.39 is 0 Å². The number of carbonyl (C=O) groups excluding carboxylic acids is 1. The number of carbonyl (C=O) groups is 1. The van der Waals surface area contributed by atoms with Crippen molar-refractivity contribution < 1.29 is 4.79 Å². The van der Waals surface area contributed by atoms with Crippen molar-refractivity contribution in [2.24, 2.45) is 11.7 Å². The Morgan fingerprint density at radius 2 is 1.81 bits per heavy atom. The maximum atomic E-state index is 12.5. The molecule has 3 aliphatic rings. The Morgan fingerprint density at radius 1 is 1.15 bits per heavy atom. The molecule has 2 N–H and O–H groups in total. The van der Waals surface area contributed by atoms with Crippen LogP contribution in [0.5, 0.6) is 0 Å². The van der Waals surface area contributed by atoms with Crippen LogP contribution in [0.15, 0.2) is 18.3 Å². The minimum Gasteiger partial charge on any atom is -0.351 e. The topological polar surface area (TPSA) is 62.5 Å². The number of nitrogens with zero attached hydrogens (tertiary/aromatic N) is 3. The van der Waals surface area contributed by atoms with Crippen LogP contribution >= 0.6 is 12.4 Å². The predicted octanol–water partition coefficient (Wildman–Crippen LogP) is 3.27. The normalized spacial score (nSPS) is 28.8. The van der Waals surface area contributed by atoms with Crippen molar-refractivity contribution in [3.05, 3.63) is 23.9 Å². The van der Waals surface area contributed by atoms with Crippen LogP contribution in [0, 0.1) is 5.92 Å². The van der Waals surface area contributed by atoms with E-state index in [0.717, 1.165) is 43.7 Å². The summed E-state index contributed by atoms with van der Waals surface area (Å²) in [6.07, 6.45) is 10.5. The Kier molecular flexibility index (Phi) is 6.77. The molecule has 0 saturated carbocycles. The van der Waals surface area contributed by atoms with Gasteiger partial charge in [0, 0.05) is 36.3 Å². The number of Topliss-reactive ketones (excluding diaryl/α,β-unsaturated/α-hetero) is 1. The second kappa shape index (κ2) is 8.89. The Balaban J connectivity index is 0.00000210. The SMILES string of the molecule is CN1CCC(CCC(=O)c2ccc(N3C4CCC3CC(N)C4)nc2)CC1.Cl. The van der Waals surface area contributed by atoms with E-state index in [4.69, 9.17) is 5.73 Å². The lowest BCUT2D eigenvalue weighted by molar-refractivity contribution is 0.0965. The highest BCUT2D eigenvalue weighted by Gasteiger charge is 2.40. The van der Waals surface area contributed by atoms with Gasteiger partial charge < -0.3 is 15.5 Å². The summed E-state index contributed by atoms with van der Waals surface area (Å²) in [5.41, 5.74) is 6.93. The van der Waals surface area contributed by atoms with Gasteiger partial charge in [-0.2, -0.15) is 0 Å². The molecule has 3 saturated heterocycles. The zero-order valence-corrected chi connectivity index (χ0v) is 17.2. The number of nitrogens with two attached hydrogens (primary N) is 1. The molecule has 0 radical (unpaired) electrons. The van der Waals surface area contributed by atoms with Crippen molar-refractivity contribution in [1.82, 2.24) is 9.88 Å². The molecule has 0 aliphatic carbocycles. The number of anilines is 1. The third-order valence-corrected chi connectivity index (χ3v) is 6.72. The molecule has 3 fully saturated rings. The molecule has 27 heavy (non-hydrogen) atoms. The highest BCUT2D eigenvalue weighted by molar-refractivity contribution is 5.95. The van der Waals surface area contributed by atoms with E-state index in [1.807, 2.05) is 12.1 Å². The van der Waals surface area contributed by atoms with Gasteiger partial charge in [-0.25, -0.2) is 4.98 Å². The average molecular weight is 393 g/mol. The summed E-state index contributed by atoms with van der Waals surface area (Å²) in [6, 6.07) is 5.42. The second-order valence-electron chi connectivity index (χ2n) is 8.64. The van der Waals surface area contributed by atoms with Crippen molar-refractivity contribution in [2.45, 2.75) is 69.5 Å². The van der Waals surface area contributed by atoms with Crippen LogP contribution in [-0.4, -0.2) is 53.9 Å². The lowest BCUT2D eigenvalue weighted by Crippen LogP contribution is -2.47. The molecule has 4 rings (SSSR count). The lowest BCUT2D eigenvalue weighted by atomic mass is 9.91. The molecule has 4 heterocycles. The molecule has 150 valence electrons.